The van der Waals surface area contributed by atoms with E-state index in [4.69, 9.17) is 0 Å². The summed E-state index contributed by atoms with van der Waals surface area (Å²) in [5.74, 6) is -0.0853. The maximum atomic E-state index is 12.4. The van der Waals surface area contributed by atoms with E-state index < -0.39 is 0 Å². The van der Waals surface area contributed by atoms with Gasteiger partial charge in [0.2, 0.25) is 0 Å². The van der Waals surface area contributed by atoms with Crippen LogP contribution in [0.3, 0.4) is 0 Å². The molecule has 1 amide bonds. The summed E-state index contributed by atoms with van der Waals surface area (Å²) in [6.45, 7) is 4.74. The van der Waals surface area contributed by atoms with Crippen LogP contribution in [0.25, 0.3) is 0 Å². The van der Waals surface area contributed by atoms with Gasteiger partial charge in [0.25, 0.3) is 5.91 Å². The molecule has 2 rings (SSSR count). The Morgan fingerprint density at radius 2 is 2.05 bits per heavy atom. The molecule has 0 bridgehead atoms. The Labute approximate surface area is 119 Å². The third kappa shape index (κ3) is 3.35. The molecule has 0 aliphatic heterocycles. The van der Waals surface area contributed by atoms with Crippen LogP contribution >= 0.6 is 0 Å². The molecule has 104 valence electrons. The van der Waals surface area contributed by atoms with Crippen LogP contribution in [0.2, 0.25) is 0 Å². The highest BCUT2D eigenvalue weighted by atomic mass is 16.1. The summed E-state index contributed by atoms with van der Waals surface area (Å²) in [5.41, 5.74) is 2.50. The molecule has 0 aliphatic rings. The molecule has 2 aromatic rings. The highest BCUT2D eigenvalue weighted by Gasteiger charge is 2.14. The Morgan fingerprint density at radius 1 is 1.25 bits per heavy atom. The van der Waals surface area contributed by atoms with Gasteiger partial charge in [-0.25, -0.2) is 0 Å². The van der Waals surface area contributed by atoms with Crippen molar-refractivity contribution in [3.8, 4) is 0 Å². The second-order valence-electron chi connectivity index (χ2n) is 4.56. The van der Waals surface area contributed by atoms with Gasteiger partial charge in [0, 0.05) is 24.6 Å². The molecular weight excluding hydrogens is 250 g/mol. The van der Waals surface area contributed by atoms with Gasteiger partial charge in [0.05, 0.1) is 11.6 Å². The van der Waals surface area contributed by atoms with Gasteiger partial charge in [-0.15, -0.1) is 0 Å². The van der Waals surface area contributed by atoms with Crippen molar-refractivity contribution in [3.63, 3.8) is 0 Å². The molecule has 0 spiro atoms. The monoisotopic (exact) mass is 269 g/mol. The number of carbonyl (C=O) groups is 1. The quantitative estimate of drug-likeness (QED) is 0.877. The summed E-state index contributed by atoms with van der Waals surface area (Å²) in [7, 11) is 0. The molecule has 2 N–H and O–H groups in total. The Balaban J connectivity index is 2.12. The molecule has 0 saturated carbocycles. The molecule has 0 radical (unpaired) electrons. The maximum absolute atomic E-state index is 12.4. The summed E-state index contributed by atoms with van der Waals surface area (Å²) in [5, 5.41) is 6.19. The molecule has 0 saturated heterocycles. The van der Waals surface area contributed by atoms with Crippen LogP contribution in [-0.2, 0) is 0 Å². The Morgan fingerprint density at radius 3 is 2.75 bits per heavy atom. The van der Waals surface area contributed by atoms with Gasteiger partial charge in [-0.05, 0) is 37.6 Å². The highest BCUT2D eigenvalue weighted by Crippen LogP contribution is 2.17. The minimum atomic E-state index is -0.0853. The van der Waals surface area contributed by atoms with E-state index in [2.05, 4.69) is 15.6 Å². The fourth-order valence-electron chi connectivity index (χ4n) is 2.02. The molecule has 1 aromatic heterocycles. The summed E-state index contributed by atoms with van der Waals surface area (Å²) in [6.07, 6.45) is 3.49. The summed E-state index contributed by atoms with van der Waals surface area (Å²) in [4.78, 5) is 16.4. The highest BCUT2D eigenvalue weighted by molar-refractivity contribution is 5.99. The molecule has 0 fully saturated rings. The first-order chi connectivity index (χ1) is 9.72. The number of hydrogen-bond acceptors (Lipinski definition) is 3. The predicted octanol–water partition coefficient (Wildman–Crippen LogP) is 3.00. The van der Waals surface area contributed by atoms with E-state index in [1.165, 1.54) is 0 Å². The van der Waals surface area contributed by atoms with Crippen LogP contribution in [-0.4, -0.2) is 17.4 Å². The van der Waals surface area contributed by atoms with E-state index in [-0.39, 0.29) is 11.9 Å². The van der Waals surface area contributed by atoms with Gasteiger partial charge in [-0.3, -0.25) is 9.78 Å². The normalized spacial score (nSPS) is 11.7. The number of aromatic nitrogens is 1. The molecule has 4 nitrogen and oxygen atoms in total. The number of pyridine rings is 1. The zero-order valence-corrected chi connectivity index (χ0v) is 11.8. The SMILES string of the molecule is CCNc1ccccc1C(=O)N[C@H](C)c1cccnc1. The Bertz CT molecular complexity index is 569. The first-order valence-electron chi connectivity index (χ1n) is 6.76. The van der Waals surface area contributed by atoms with Crippen LogP contribution < -0.4 is 10.6 Å². The average Bonchev–Trinajstić information content (AvgIpc) is 2.49. The van der Waals surface area contributed by atoms with E-state index in [1.54, 1.807) is 12.4 Å². The lowest BCUT2D eigenvalue weighted by Gasteiger charge is -2.16. The zero-order chi connectivity index (χ0) is 14.4. The van der Waals surface area contributed by atoms with Gasteiger partial charge >= 0.3 is 0 Å². The lowest BCUT2D eigenvalue weighted by Crippen LogP contribution is -2.27. The van der Waals surface area contributed by atoms with Gasteiger partial charge in [-0.2, -0.15) is 0 Å². The van der Waals surface area contributed by atoms with Crippen molar-refractivity contribution in [3.05, 3.63) is 59.9 Å². The smallest absolute Gasteiger partial charge is 0.253 e. The maximum Gasteiger partial charge on any atom is 0.253 e. The largest absolute Gasteiger partial charge is 0.385 e. The molecule has 4 heteroatoms. The second kappa shape index (κ2) is 6.70. The molecular formula is C16H19N3O. The van der Waals surface area contributed by atoms with Crippen molar-refractivity contribution in [1.29, 1.82) is 0 Å². The fraction of sp³-hybridized carbons (Fsp3) is 0.250. The number of benzene rings is 1. The van der Waals surface area contributed by atoms with E-state index in [0.717, 1.165) is 17.8 Å². The van der Waals surface area contributed by atoms with Gasteiger partial charge in [0.15, 0.2) is 0 Å². The van der Waals surface area contributed by atoms with Crippen molar-refractivity contribution in [2.75, 3.05) is 11.9 Å². The minimum Gasteiger partial charge on any atom is -0.385 e. The first-order valence-corrected chi connectivity index (χ1v) is 6.76. The van der Waals surface area contributed by atoms with E-state index in [1.807, 2.05) is 50.2 Å². The first kappa shape index (κ1) is 14.1. The van der Waals surface area contributed by atoms with Gasteiger partial charge in [0.1, 0.15) is 0 Å². The van der Waals surface area contributed by atoms with Crippen LogP contribution in [0.5, 0.6) is 0 Å². The molecule has 1 atom stereocenters. The molecule has 20 heavy (non-hydrogen) atoms. The number of anilines is 1. The van der Waals surface area contributed by atoms with Gasteiger partial charge < -0.3 is 10.6 Å². The zero-order valence-electron chi connectivity index (χ0n) is 11.8. The summed E-state index contributed by atoms with van der Waals surface area (Å²) < 4.78 is 0. The van der Waals surface area contributed by atoms with Crippen molar-refractivity contribution in [1.82, 2.24) is 10.3 Å². The number of para-hydroxylation sites is 1. The summed E-state index contributed by atoms with van der Waals surface area (Å²) in [6, 6.07) is 11.3. The molecule has 1 heterocycles. The molecule has 1 aromatic carbocycles. The standard InChI is InChI=1S/C16H19N3O/c1-3-18-15-9-5-4-8-14(15)16(20)19-12(2)13-7-6-10-17-11-13/h4-12,18H,3H2,1-2H3,(H,19,20)/t12-/m1/s1. The number of amides is 1. The Hall–Kier alpha value is -2.36. The third-order valence-electron chi connectivity index (χ3n) is 3.07. The topological polar surface area (TPSA) is 54.0 Å². The Kier molecular flexibility index (Phi) is 4.71. The van der Waals surface area contributed by atoms with E-state index in [9.17, 15) is 4.79 Å². The van der Waals surface area contributed by atoms with Crippen molar-refractivity contribution < 1.29 is 4.79 Å². The second-order valence-corrected chi connectivity index (χ2v) is 4.56. The number of carbonyl (C=O) groups excluding carboxylic acids is 1. The minimum absolute atomic E-state index is 0.0779. The van der Waals surface area contributed by atoms with Crippen LogP contribution in [0.15, 0.2) is 48.8 Å². The predicted molar refractivity (Wildman–Crippen MR) is 80.7 cm³/mol. The van der Waals surface area contributed by atoms with Crippen LogP contribution in [0.4, 0.5) is 5.69 Å². The fourth-order valence-corrected chi connectivity index (χ4v) is 2.02. The number of nitrogens with zero attached hydrogens (tertiary/aromatic N) is 1. The molecule has 0 aliphatic carbocycles. The summed E-state index contributed by atoms with van der Waals surface area (Å²) >= 11 is 0. The lowest BCUT2D eigenvalue weighted by molar-refractivity contribution is 0.0940. The van der Waals surface area contributed by atoms with Crippen molar-refractivity contribution in [2.24, 2.45) is 0 Å². The van der Waals surface area contributed by atoms with Crippen LogP contribution in [0.1, 0.15) is 35.8 Å². The van der Waals surface area contributed by atoms with E-state index >= 15 is 0 Å². The number of nitrogens with one attached hydrogen (secondary N) is 2. The molecule has 0 unspecified atom stereocenters. The van der Waals surface area contributed by atoms with Crippen molar-refractivity contribution in [2.45, 2.75) is 19.9 Å². The number of hydrogen-bond donors (Lipinski definition) is 2. The lowest BCUT2D eigenvalue weighted by atomic mass is 10.1. The van der Waals surface area contributed by atoms with Gasteiger partial charge in [-0.1, -0.05) is 18.2 Å². The van der Waals surface area contributed by atoms with E-state index in [0.29, 0.717) is 5.56 Å². The number of rotatable bonds is 5. The van der Waals surface area contributed by atoms with Crippen molar-refractivity contribution >= 4 is 11.6 Å². The average molecular weight is 269 g/mol. The third-order valence-corrected chi connectivity index (χ3v) is 3.07. The van der Waals surface area contributed by atoms with Crippen LogP contribution in [0, 0.1) is 0 Å².